The maximum atomic E-state index is 3.84. The predicted molar refractivity (Wildman–Crippen MR) is 60.6 cm³/mol. The van der Waals surface area contributed by atoms with E-state index in [1.165, 1.54) is 11.1 Å². The quantitative estimate of drug-likeness (QED) is 0.743. The molecule has 0 saturated carbocycles. The van der Waals surface area contributed by atoms with Crippen LogP contribution in [0.15, 0.2) is 55.3 Å². The number of fused-ring (bicyclic) bond motifs is 1. The molecule has 1 aromatic carbocycles. The van der Waals surface area contributed by atoms with Crippen molar-refractivity contribution in [2.24, 2.45) is 0 Å². The van der Waals surface area contributed by atoms with E-state index < -0.39 is 0 Å². The highest BCUT2D eigenvalue weighted by molar-refractivity contribution is 5.80. The number of nitrogens with one attached hydrogen (secondary N) is 1. The van der Waals surface area contributed by atoms with Crippen molar-refractivity contribution in [3.05, 3.63) is 66.4 Å². The molecule has 1 heteroatoms. The van der Waals surface area contributed by atoms with Gasteiger partial charge in [-0.2, -0.15) is 0 Å². The lowest BCUT2D eigenvalue weighted by Gasteiger charge is -2.21. The first-order valence-electron chi connectivity index (χ1n) is 4.68. The van der Waals surface area contributed by atoms with Crippen LogP contribution < -0.4 is 5.32 Å². The third-order valence-electron chi connectivity index (χ3n) is 2.48. The van der Waals surface area contributed by atoms with Gasteiger partial charge in [-0.05, 0) is 17.2 Å². The zero-order valence-electron chi connectivity index (χ0n) is 8.09. The van der Waals surface area contributed by atoms with Gasteiger partial charge < -0.3 is 5.32 Å². The fraction of sp³-hybridized carbons (Fsp3) is 0.0769. The Morgan fingerprint density at radius 2 is 1.93 bits per heavy atom. The maximum absolute atomic E-state index is 3.84. The molecule has 1 aliphatic rings. The normalized spacial score (nSPS) is 14.3. The fourth-order valence-corrected chi connectivity index (χ4v) is 1.77. The highest BCUT2D eigenvalue weighted by Crippen LogP contribution is 2.26. The lowest BCUT2D eigenvalue weighted by Crippen LogP contribution is -2.18. The molecule has 0 unspecified atom stereocenters. The second-order valence-corrected chi connectivity index (χ2v) is 3.25. The van der Waals surface area contributed by atoms with E-state index in [1.807, 2.05) is 18.2 Å². The van der Waals surface area contributed by atoms with Crippen LogP contribution in [0.25, 0.3) is 5.57 Å². The Balaban J connectivity index is 2.63. The number of hydrogen-bond acceptors (Lipinski definition) is 1. The summed E-state index contributed by atoms with van der Waals surface area (Å²) in [7, 11) is 0. The zero-order valence-corrected chi connectivity index (χ0v) is 8.09. The van der Waals surface area contributed by atoms with E-state index >= 15 is 0 Å². The minimum atomic E-state index is 0.870. The summed E-state index contributed by atoms with van der Waals surface area (Å²) in [5.74, 6) is 0. The molecule has 1 aliphatic heterocycles. The van der Waals surface area contributed by atoms with E-state index in [0.29, 0.717) is 0 Å². The van der Waals surface area contributed by atoms with Gasteiger partial charge in [0.25, 0.3) is 0 Å². The molecule has 0 fully saturated rings. The average Bonchev–Trinajstić information content (AvgIpc) is 2.27. The summed E-state index contributed by atoms with van der Waals surface area (Å²) in [4.78, 5) is 0. The monoisotopic (exact) mass is 183 g/mol. The Kier molecular flexibility index (Phi) is 2.23. The summed E-state index contributed by atoms with van der Waals surface area (Å²) in [6.45, 7) is 8.49. The van der Waals surface area contributed by atoms with Crippen LogP contribution in [0.1, 0.15) is 11.1 Å². The lowest BCUT2D eigenvalue weighted by molar-refractivity contribution is 0.818. The van der Waals surface area contributed by atoms with Gasteiger partial charge in [0, 0.05) is 17.8 Å². The second kappa shape index (κ2) is 3.54. The SMILES string of the molecule is C=CC1=C(C=C)c2ccccc2CN1. The fourth-order valence-electron chi connectivity index (χ4n) is 1.77. The molecule has 0 aliphatic carbocycles. The highest BCUT2D eigenvalue weighted by Gasteiger charge is 2.13. The summed E-state index contributed by atoms with van der Waals surface area (Å²) in [6, 6.07) is 8.36. The van der Waals surface area contributed by atoms with Crippen LogP contribution in [0.4, 0.5) is 0 Å². The highest BCUT2D eigenvalue weighted by atomic mass is 14.9. The van der Waals surface area contributed by atoms with Crippen molar-refractivity contribution in [2.75, 3.05) is 0 Å². The first kappa shape index (κ1) is 8.82. The average molecular weight is 183 g/mol. The van der Waals surface area contributed by atoms with Crippen LogP contribution in [0.3, 0.4) is 0 Å². The molecule has 70 valence electrons. The summed E-state index contributed by atoms with van der Waals surface area (Å²) >= 11 is 0. The van der Waals surface area contributed by atoms with Gasteiger partial charge in [0.1, 0.15) is 0 Å². The smallest absolute Gasteiger partial charge is 0.0416 e. The topological polar surface area (TPSA) is 12.0 Å². The lowest BCUT2D eigenvalue weighted by atomic mass is 9.95. The molecule has 0 radical (unpaired) electrons. The van der Waals surface area contributed by atoms with Crippen LogP contribution in [0.5, 0.6) is 0 Å². The van der Waals surface area contributed by atoms with Crippen LogP contribution in [0.2, 0.25) is 0 Å². The van der Waals surface area contributed by atoms with Crippen molar-refractivity contribution in [3.8, 4) is 0 Å². The number of rotatable bonds is 2. The number of benzene rings is 1. The standard InChI is InChI=1S/C13H13N/c1-3-11-12-8-6-5-7-10(12)9-14-13(11)4-2/h3-8,14H,1-2,9H2. The Morgan fingerprint density at radius 1 is 1.14 bits per heavy atom. The van der Waals surface area contributed by atoms with Crippen molar-refractivity contribution in [2.45, 2.75) is 6.54 Å². The molecular formula is C13H13N. The van der Waals surface area contributed by atoms with Gasteiger partial charge in [-0.3, -0.25) is 0 Å². The van der Waals surface area contributed by atoms with Gasteiger partial charge in [-0.15, -0.1) is 0 Å². The van der Waals surface area contributed by atoms with Crippen molar-refractivity contribution in [3.63, 3.8) is 0 Å². The molecule has 0 atom stereocenters. The van der Waals surface area contributed by atoms with Gasteiger partial charge >= 0.3 is 0 Å². The minimum absolute atomic E-state index is 0.870. The molecule has 2 rings (SSSR count). The zero-order chi connectivity index (χ0) is 9.97. The Labute approximate surface area is 84.5 Å². The van der Waals surface area contributed by atoms with E-state index in [4.69, 9.17) is 0 Å². The molecule has 14 heavy (non-hydrogen) atoms. The van der Waals surface area contributed by atoms with E-state index in [-0.39, 0.29) is 0 Å². The molecule has 1 heterocycles. The molecule has 0 spiro atoms. The largest absolute Gasteiger partial charge is 0.380 e. The maximum Gasteiger partial charge on any atom is 0.0416 e. The van der Waals surface area contributed by atoms with Gasteiger partial charge in [-0.1, -0.05) is 43.5 Å². The third kappa shape index (κ3) is 1.27. The minimum Gasteiger partial charge on any atom is -0.380 e. The van der Waals surface area contributed by atoms with Crippen LogP contribution in [-0.2, 0) is 6.54 Å². The molecule has 0 amide bonds. The third-order valence-corrected chi connectivity index (χ3v) is 2.48. The number of allylic oxidation sites excluding steroid dienone is 3. The summed E-state index contributed by atoms with van der Waals surface area (Å²) in [6.07, 6.45) is 3.72. The summed E-state index contributed by atoms with van der Waals surface area (Å²) in [5, 5.41) is 3.32. The predicted octanol–water partition coefficient (Wildman–Crippen LogP) is 2.87. The van der Waals surface area contributed by atoms with Crippen molar-refractivity contribution < 1.29 is 0 Å². The van der Waals surface area contributed by atoms with E-state index in [9.17, 15) is 0 Å². The molecular weight excluding hydrogens is 170 g/mol. The summed E-state index contributed by atoms with van der Waals surface area (Å²) < 4.78 is 0. The first-order valence-corrected chi connectivity index (χ1v) is 4.68. The Hall–Kier alpha value is -1.76. The van der Waals surface area contributed by atoms with Crippen molar-refractivity contribution in [1.29, 1.82) is 0 Å². The van der Waals surface area contributed by atoms with Gasteiger partial charge in [-0.25, -0.2) is 0 Å². The molecule has 1 aromatic rings. The van der Waals surface area contributed by atoms with Crippen LogP contribution in [-0.4, -0.2) is 0 Å². The first-order chi connectivity index (χ1) is 6.86. The van der Waals surface area contributed by atoms with Crippen molar-refractivity contribution >= 4 is 5.57 Å². The Bertz CT molecular complexity index is 413. The summed E-state index contributed by atoms with van der Waals surface area (Å²) in [5.41, 5.74) is 4.78. The van der Waals surface area contributed by atoms with Gasteiger partial charge in [0.15, 0.2) is 0 Å². The van der Waals surface area contributed by atoms with Crippen LogP contribution >= 0.6 is 0 Å². The molecule has 0 saturated heterocycles. The molecule has 0 aromatic heterocycles. The van der Waals surface area contributed by atoms with Gasteiger partial charge in [0.2, 0.25) is 0 Å². The van der Waals surface area contributed by atoms with E-state index in [2.05, 4.69) is 36.7 Å². The second-order valence-electron chi connectivity index (χ2n) is 3.25. The molecule has 0 bridgehead atoms. The Morgan fingerprint density at radius 3 is 2.64 bits per heavy atom. The number of hydrogen-bond donors (Lipinski definition) is 1. The molecule has 1 N–H and O–H groups in total. The van der Waals surface area contributed by atoms with Crippen molar-refractivity contribution in [1.82, 2.24) is 5.32 Å². The van der Waals surface area contributed by atoms with E-state index in [1.54, 1.807) is 0 Å². The molecule has 1 nitrogen and oxygen atoms in total. The van der Waals surface area contributed by atoms with E-state index in [0.717, 1.165) is 17.8 Å². The van der Waals surface area contributed by atoms with Gasteiger partial charge in [0.05, 0.1) is 0 Å². The van der Waals surface area contributed by atoms with Crippen LogP contribution in [0, 0.1) is 0 Å².